The van der Waals surface area contributed by atoms with Crippen LogP contribution in [0.4, 0.5) is 5.82 Å². The van der Waals surface area contributed by atoms with E-state index in [1.807, 2.05) is 13.1 Å². The van der Waals surface area contributed by atoms with Gasteiger partial charge in [-0.05, 0) is 31.5 Å². The molecule has 2 unspecified atom stereocenters. The summed E-state index contributed by atoms with van der Waals surface area (Å²) in [5.74, 6) is 1.20. The molecule has 0 aliphatic rings. The van der Waals surface area contributed by atoms with Crippen molar-refractivity contribution in [1.29, 1.82) is 0 Å². The van der Waals surface area contributed by atoms with Gasteiger partial charge in [-0.25, -0.2) is 4.98 Å². The van der Waals surface area contributed by atoms with Crippen molar-refractivity contribution in [2.75, 3.05) is 12.8 Å². The second-order valence-corrected chi connectivity index (χ2v) is 4.08. The Bertz CT molecular complexity index is 302. The minimum absolute atomic E-state index is 0.295. The van der Waals surface area contributed by atoms with Crippen LogP contribution in [0.15, 0.2) is 12.3 Å². The first kappa shape index (κ1) is 12.0. The number of nitrogens with zero attached hydrogens (tertiary/aromatic N) is 1. The molecule has 84 valence electrons. The number of nitrogens with one attached hydrogen (secondary N) is 1. The van der Waals surface area contributed by atoms with Crippen LogP contribution in [-0.4, -0.2) is 12.0 Å². The largest absolute Gasteiger partial charge is 0.383 e. The molecule has 0 aromatic carbocycles. The second-order valence-electron chi connectivity index (χ2n) is 4.08. The third-order valence-electron chi connectivity index (χ3n) is 3.07. The molecule has 0 aliphatic carbocycles. The van der Waals surface area contributed by atoms with Gasteiger partial charge in [-0.15, -0.1) is 0 Å². The van der Waals surface area contributed by atoms with E-state index in [4.69, 9.17) is 5.73 Å². The Morgan fingerprint density at radius 3 is 2.67 bits per heavy atom. The van der Waals surface area contributed by atoms with Crippen molar-refractivity contribution in [2.24, 2.45) is 5.92 Å². The molecule has 3 nitrogen and oxygen atoms in total. The average Bonchev–Trinajstić information content (AvgIpc) is 2.22. The van der Waals surface area contributed by atoms with Gasteiger partial charge in [0.1, 0.15) is 5.82 Å². The SMILES string of the molecule is CCC(C)C(NC)c1c(C)ccnc1N. The van der Waals surface area contributed by atoms with E-state index in [1.54, 1.807) is 6.20 Å². The summed E-state index contributed by atoms with van der Waals surface area (Å²) >= 11 is 0. The third kappa shape index (κ3) is 2.48. The second kappa shape index (κ2) is 5.12. The van der Waals surface area contributed by atoms with Crippen LogP contribution in [0, 0.1) is 12.8 Å². The fourth-order valence-electron chi connectivity index (χ4n) is 1.94. The van der Waals surface area contributed by atoms with E-state index < -0.39 is 0 Å². The van der Waals surface area contributed by atoms with Crippen molar-refractivity contribution in [3.05, 3.63) is 23.4 Å². The highest BCUT2D eigenvalue weighted by atomic mass is 14.9. The van der Waals surface area contributed by atoms with E-state index >= 15 is 0 Å². The highest BCUT2D eigenvalue weighted by molar-refractivity contribution is 5.46. The van der Waals surface area contributed by atoms with Gasteiger partial charge in [0.2, 0.25) is 0 Å². The molecular formula is C12H21N3. The van der Waals surface area contributed by atoms with E-state index in [1.165, 1.54) is 5.56 Å². The monoisotopic (exact) mass is 207 g/mol. The maximum Gasteiger partial charge on any atom is 0.128 e. The summed E-state index contributed by atoms with van der Waals surface area (Å²) in [7, 11) is 1.97. The molecule has 0 bridgehead atoms. The van der Waals surface area contributed by atoms with Crippen molar-refractivity contribution in [1.82, 2.24) is 10.3 Å². The lowest BCUT2D eigenvalue weighted by molar-refractivity contribution is 0.399. The Labute approximate surface area is 92.1 Å². The highest BCUT2D eigenvalue weighted by Crippen LogP contribution is 2.29. The van der Waals surface area contributed by atoms with Gasteiger partial charge >= 0.3 is 0 Å². The first-order chi connectivity index (χ1) is 7.11. The lowest BCUT2D eigenvalue weighted by atomic mass is 9.90. The van der Waals surface area contributed by atoms with E-state index in [-0.39, 0.29) is 0 Å². The molecule has 0 spiro atoms. The van der Waals surface area contributed by atoms with E-state index in [2.05, 4.69) is 31.1 Å². The van der Waals surface area contributed by atoms with Crippen molar-refractivity contribution < 1.29 is 0 Å². The number of rotatable bonds is 4. The Morgan fingerprint density at radius 2 is 2.20 bits per heavy atom. The molecule has 2 atom stereocenters. The molecule has 3 heteroatoms. The molecule has 1 aromatic rings. The van der Waals surface area contributed by atoms with Gasteiger partial charge in [0.15, 0.2) is 0 Å². The van der Waals surface area contributed by atoms with Crippen molar-refractivity contribution in [3.63, 3.8) is 0 Å². The van der Waals surface area contributed by atoms with E-state index in [0.717, 1.165) is 12.0 Å². The summed E-state index contributed by atoms with van der Waals surface area (Å²) in [5.41, 5.74) is 8.30. The Balaban J connectivity index is 3.11. The van der Waals surface area contributed by atoms with Crippen LogP contribution in [0.1, 0.15) is 37.4 Å². The van der Waals surface area contributed by atoms with Crippen LogP contribution in [0.25, 0.3) is 0 Å². The summed E-state index contributed by atoms with van der Waals surface area (Å²) in [6.45, 7) is 6.50. The molecule has 0 amide bonds. The zero-order chi connectivity index (χ0) is 11.4. The topological polar surface area (TPSA) is 50.9 Å². The Kier molecular flexibility index (Phi) is 4.09. The lowest BCUT2D eigenvalue weighted by Gasteiger charge is -2.25. The van der Waals surface area contributed by atoms with Gasteiger partial charge in [-0.2, -0.15) is 0 Å². The maximum absolute atomic E-state index is 5.94. The van der Waals surface area contributed by atoms with Gasteiger partial charge in [-0.3, -0.25) is 0 Å². The number of pyridine rings is 1. The molecule has 1 rings (SSSR count). The van der Waals surface area contributed by atoms with Crippen molar-refractivity contribution >= 4 is 5.82 Å². The molecular weight excluding hydrogens is 186 g/mol. The van der Waals surface area contributed by atoms with Crippen LogP contribution < -0.4 is 11.1 Å². The summed E-state index contributed by atoms with van der Waals surface area (Å²) in [6, 6.07) is 2.31. The molecule has 3 N–H and O–H groups in total. The fraction of sp³-hybridized carbons (Fsp3) is 0.583. The normalized spacial score (nSPS) is 14.9. The number of nitrogens with two attached hydrogens (primary N) is 1. The number of aryl methyl sites for hydroxylation is 1. The average molecular weight is 207 g/mol. The van der Waals surface area contributed by atoms with Gasteiger partial charge in [0.05, 0.1) is 0 Å². The van der Waals surface area contributed by atoms with Crippen molar-refractivity contribution in [3.8, 4) is 0 Å². The summed E-state index contributed by atoms with van der Waals surface area (Å²) in [6.07, 6.45) is 2.89. The van der Waals surface area contributed by atoms with Crippen LogP contribution >= 0.6 is 0 Å². The molecule has 0 saturated carbocycles. The van der Waals surface area contributed by atoms with Gasteiger partial charge < -0.3 is 11.1 Å². The first-order valence-electron chi connectivity index (χ1n) is 5.50. The quantitative estimate of drug-likeness (QED) is 0.796. The molecule has 1 heterocycles. The van der Waals surface area contributed by atoms with E-state index in [9.17, 15) is 0 Å². The molecule has 1 aromatic heterocycles. The number of anilines is 1. The third-order valence-corrected chi connectivity index (χ3v) is 3.07. The van der Waals surface area contributed by atoms with Crippen LogP contribution in [-0.2, 0) is 0 Å². The summed E-state index contributed by atoms with van der Waals surface area (Å²) in [5, 5.41) is 3.33. The molecule has 15 heavy (non-hydrogen) atoms. The van der Waals surface area contributed by atoms with Gasteiger partial charge in [0, 0.05) is 17.8 Å². The minimum atomic E-state index is 0.295. The molecule has 0 saturated heterocycles. The van der Waals surface area contributed by atoms with Gasteiger partial charge in [-0.1, -0.05) is 20.3 Å². The predicted octanol–water partition coefficient (Wildman–Crippen LogP) is 2.28. The number of aromatic nitrogens is 1. The van der Waals surface area contributed by atoms with Crippen LogP contribution in [0.2, 0.25) is 0 Å². The number of hydrogen-bond donors (Lipinski definition) is 2. The Morgan fingerprint density at radius 1 is 1.53 bits per heavy atom. The molecule has 0 fully saturated rings. The minimum Gasteiger partial charge on any atom is -0.383 e. The maximum atomic E-state index is 5.94. The number of hydrogen-bond acceptors (Lipinski definition) is 3. The lowest BCUT2D eigenvalue weighted by Crippen LogP contribution is -2.25. The first-order valence-corrected chi connectivity index (χ1v) is 5.50. The Hall–Kier alpha value is -1.09. The van der Waals surface area contributed by atoms with Crippen LogP contribution in [0.5, 0.6) is 0 Å². The van der Waals surface area contributed by atoms with E-state index in [0.29, 0.717) is 17.8 Å². The smallest absolute Gasteiger partial charge is 0.128 e. The molecule has 0 aliphatic heterocycles. The van der Waals surface area contributed by atoms with Crippen molar-refractivity contribution in [2.45, 2.75) is 33.2 Å². The summed E-state index contributed by atoms with van der Waals surface area (Å²) in [4.78, 5) is 4.16. The molecule has 0 radical (unpaired) electrons. The zero-order valence-electron chi connectivity index (χ0n) is 10.0. The summed E-state index contributed by atoms with van der Waals surface area (Å²) < 4.78 is 0. The predicted molar refractivity (Wildman–Crippen MR) is 64.6 cm³/mol. The van der Waals surface area contributed by atoms with Gasteiger partial charge in [0.25, 0.3) is 0 Å². The van der Waals surface area contributed by atoms with Crippen LogP contribution in [0.3, 0.4) is 0 Å². The zero-order valence-corrected chi connectivity index (χ0v) is 10.0. The standard InChI is InChI=1S/C12H21N3/c1-5-8(2)11(14-4)10-9(3)6-7-15-12(10)13/h6-8,11,14H,5H2,1-4H3,(H2,13,15). The fourth-order valence-corrected chi connectivity index (χ4v) is 1.94. The number of nitrogen functional groups attached to an aromatic ring is 1. The highest BCUT2D eigenvalue weighted by Gasteiger charge is 2.20.